The molecule has 140 valence electrons. The summed E-state index contributed by atoms with van der Waals surface area (Å²) in [6, 6.07) is 0.141. The van der Waals surface area contributed by atoms with Crippen LogP contribution in [-0.4, -0.2) is 53.3 Å². The number of amides is 1. The number of alkyl halides is 3. The van der Waals surface area contributed by atoms with Gasteiger partial charge in [-0.1, -0.05) is 0 Å². The van der Waals surface area contributed by atoms with Crippen molar-refractivity contribution in [3.63, 3.8) is 0 Å². The summed E-state index contributed by atoms with van der Waals surface area (Å²) in [6.07, 6.45) is -1.46. The lowest BCUT2D eigenvalue weighted by Crippen LogP contribution is -2.47. The van der Waals surface area contributed by atoms with Crippen molar-refractivity contribution in [3.05, 3.63) is 11.8 Å². The molecule has 2 saturated heterocycles. The van der Waals surface area contributed by atoms with Crippen molar-refractivity contribution in [1.82, 2.24) is 20.4 Å². The second-order valence-electron chi connectivity index (χ2n) is 6.47. The fourth-order valence-corrected chi connectivity index (χ4v) is 3.20. The standard InChI is InChI=1S/C15H21F3N4O3/c16-15(17,18)14-21-20-12(25-14)9-22-5-1-2-10(8-22)13(23)19-11-3-6-24-7-4-11/h10-11H,1-9H2,(H,19,23). The van der Waals surface area contributed by atoms with Crippen LogP contribution >= 0.6 is 0 Å². The lowest BCUT2D eigenvalue weighted by Gasteiger charge is -2.32. The average Bonchev–Trinajstić information content (AvgIpc) is 3.05. The van der Waals surface area contributed by atoms with Gasteiger partial charge in [-0.3, -0.25) is 9.69 Å². The van der Waals surface area contributed by atoms with E-state index in [1.807, 2.05) is 4.90 Å². The van der Waals surface area contributed by atoms with Gasteiger partial charge in [-0.05, 0) is 32.2 Å². The molecule has 2 fully saturated rings. The Morgan fingerprint density at radius 2 is 2.00 bits per heavy atom. The van der Waals surface area contributed by atoms with E-state index in [1.165, 1.54) is 0 Å². The van der Waals surface area contributed by atoms with Crippen LogP contribution in [0.1, 0.15) is 37.5 Å². The van der Waals surface area contributed by atoms with Gasteiger partial charge in [0.2, 0.25) is 11.8 Å². The van der Waals surface area contributed by atoms with Gasteiger partial charge in [0, 0.05) is 25.8 Å². The van der Waals surface area contributed by atoms with Gasteiger partial charge < -0.3 is 14.5 Å². The highest BCUT2D eigenvalue weighted by molar-refractivity contribution is 5.79. The van der Waals surface area contributed by atoms with Crippen molar-refractivity contribution in [3.8, 4) is 0 Å². The van der Waals surface area contributed by atoms with Crippen molar-refractivity contribution in [2.24, 2.45) is 5.92 Å². The van der Waals surface area contributed by atoms with Crippen molar-refractivity contribution in [1.29, 1.82) is 0 Å². The fraction of sp³-hybridized carbons (Fsp3) is 0.800. The third-order valence-electron chi connectivity index (χ3n) is 4.51. The number of hydrogen-bond acceptors (Lipinski definition) is 6. The van der Waals surface area contributed by atoms with Crippen molar-refractivity contribution in [2.75, 3.05) is 26.3 Å². The summed E-state index contributed by atoms with van der Waals surface area (Å²) >= 11 is 0. The number of hydrogen-bond donors (Lipinski definition) is 1. The van der Waals surface area contributed by atoms with Crippen LogP contribution in [0.25, 0.3) is 0 Å². The smallest absolute Gasteiger partial charge is 0.416 e. The summed E-state index contributed by atoms with van der Waals surface area (Å²) in [6.45, 7) is 2.58. The first-order valence-corrected chi connectivity index (χ1v) is 8.42. The Balaban J connectivity index is 1.52. The Morgan fingerprint density at radius 1 is 1.24 bits per heavy atom. The normalized spacial score (nSPS) is 23.6. The van der Waals surface area contributed by atoms with Crippen LogP contribution in [0.2, 0.25) is 0 Å². The number of nitrogens with zero attached hydrogens (tertiary/aromatic N) is 3. The van der Waals surface area contributed by atoms with Gasteiger partial charge in [-0.15, -0.1) is 10.2 Å². The maximum Gasteiger partial charge on any atom is 0.470 e. The number of piperidine rings is 1. The SMILES string of the molecule is O=C(NC1CCOCC1)C1CCCN(Cc2nnc(C(F)(F)F)o2)C1. The monoisotopic (exact) mass is 362 g/mol. The lowest BCUT2D eigenvalue weighted by molar-refractivity contribution is -0.157. The van der Waals surface area contributed by atoms with Gasteiger partial charge in [0.1, 0.15) is 0 Å². The number of aromatic nitrogens is 2. The Bertz CT molecular complexity index is 587. The number of nitrogens with one attached hydrogen (secondary N) is 1. The molecule has 1 amide bonds. The lowest BCUT2D eigenvalue weighted by atomic mass is 9.96. The van der Waals surface area contributed by atoms with Crippen LogP contribution in [0.4, 0.5) is 13.2 Å². The molecular formula is C15H21F3N4O3. The molecule has 2 aliphatic heterocycles. The van der Waals surface area contributed by atoms with Crippen LogP contribution < -0.4 is 5.32 Å². The molecule has 1 aromatic heterocycles. The summed E-state index contributed by atoms with van der Waals surface area (Å²) in [5.74, 6) is -1.61. The van der Waals surface area contributed by atoms with E-state index in [0.29, 0.717) is 26.3 Å². The molecule has 0 aliphatic carbocycles. The number of halogens is 3. The molecule has 7 nitrogen and oxygen atoms in total. The summed E-state index contributed by atoms with van der Waals surface area (Å²) < 4.78 is 47.4. The zero-order chi connectivity index (χ0) is 17.9. The van der Waals surface area contributed by atoms with Gasteiger partial charge in [0.15, 0.2) is 0 Å². The maximum absolute atomic E-state index is 12.5. The predicted octanol–water partition coefficient (Wildman–Crippen LogP) is 1.60. The second kappa shape index (κ2) is 7.69. The molecule has 0 radical (unpaired) electrons. The molecule has 0 spiro atoms. The first-order chi connectivity index (χ1) is 11.9. The van der Waals surface area contributed by atoms with Crippen LogP contribution in [0.5, 0.6) is 0 Å². The Morgan fingerprint density at radius 3 is 2.68 bits per heavy atom. The molecule has 2 aliphatic rings. The minimum atomic E-state index is -4.64. The van der Waals surface area contributed by atoms with Crippen molar-refractivity contribution >= 4 is 5.91 Å². The molecule has 1 N–H and O–H groups in total. The van der Waals surface area contributed by atoms with Gasteiger partial charge >= 0.3 is 12.1 Å². The number of carbonyl (C=O) groups is 1. The van der Waals surface area contributed by atoms with E-state index in [2.05, 4.69) is 19.9 Å². The van der Waals surface area contributed by atoms with Crippen molar-refractivity contribution in [2.45, 2.75) is 44.4 Å². The fourth-order valence-electron chi connectivity index (χ4n) is 3.20. The molecule has 1 atom stereocenters. The number of ether oxygens (including phenoxy) is 1. The minimum absolute atomic E-state index is 0.00175. The van der Waals surface area contributed by atoms with Gasteiger partial charge in [0.25, 0.3) is 0 Å². The first kappa shape index (κ1) is 18.1. The molecular weight excluding hydrogens is 341 g/mol. The van der Waals surface area contributed by atoms with E-state index in [-0.39, 0.29) is 30.3 Å². The topological polar surface area (TPSA) is 80.5 Å². The quantitative estimate of drug-likeness (QED) is 0.876. The number of carbonyl (C=O) groups excluding carboxylic acids is 1. The molecule has 0 bridgehead atoms. The zero-order valence-electron chi connectivity index (χ0n) is 13.7. The largest absolute Gasteiger partial charge is 0.470 e. The second-order valence-corrected chi connectivity index (χ2v) is 6.47. The third-order valence-corrected chi connectivity index (χ3v) is 4.51. The number of likely N-dealkylation sites (tertiary alicyclic amines) is 1. The summed E-state index contributed by atoms with van der Waals surface area (Å²) in [5, 5.41) is 9.52. The Hall–Kier alpha value is -1.68. The summed E-state index contributed by atoms with van der Waals surface area (Å²) in [4.78, 5) is 14.3. The highest BCUT2D eigenvalue weighted by Crippen LogP contribution is 2.28. The molecule has 3 heterocycles. The Kier molecular flexibility index (Phi) is 5.57. The molecule has 0 aromatic carbocycles. The van der Waals surface area contributed by atoms with E-state index >= 15 is 0 Å². The van der Waals surface area contributed by atoms with Gasteiger partial charge in [-0.25, -0.2) is 0 Å². The number of rotatable bonds is 4. The zero-order valence-corrected chi connectivity index (χ0v) is 13.7. The van der Waals surface area contributed by atoms with E-state index in [0.717, 1.165) is 25.7 Å². The van der Waals surface area contributed by atoms with Crippen LogP contribution in [0, 0.1) is 5.92 Å². The third kappa shape index (κ3) is 4.91. The minimum Gasteiger partial charge on any atom is -0.416 e. The van der Waals surface area contributed by atoms with Crippen LogP contribution in [0.3, 0.4) is 0 Å². The van der Waals surface area contributed by atoms with Crippen LogP contribution in [0.15, 0.2) is 4.42 Å². The van der Waals surface area contributed by atoms with E-state index < -0.39 is 12.1 Å². The van der Waals surface area contributed by atoms with Gasteiger partial charge in [-0.2, -0.15) is 13.2 Å². The molecule has 3 rings (SSSR count). The van der Waals surface area contributed by atoms with Gasteiger partial charge in [0.05, 0.1) is 12.5 Å². The molecule has 25 heavy (non-hydrogen) atoms. The Labute approximate surface area is 142 Å². The molecule has 10 heteroatoms. The van der Waals surface area contributed by atoms with E-state index in [9.17, 15) is 18.0 Å². The van der Waals surface area contributed by atoms with E-state index in [1.54, 1.807) is 0 Å². The average molecular weight is 362 g/mol. The highest BCUT2D eigenvalue weighted by Gasteiger charge is 2.38. The molecule has 1 aromatic rings. The maximum atomic E-state index is 12.5. The summed E-state index contributed by atoms with van der Waals surface area (Å²) in [7, 11) is 0. The van der Waals surface area contributed by atoms with Crippen molar-refractivity contribution < 1.29 is 27.1 Å². The highest BCUT2D eigenvalue weighted by atomic mass is 19.4. The summed E-state index contributed by atoms with van der Waals surface area (Å²) in [5.41, 5.74) is 0. The molecule has 1 unspecified atom stereocenters. The first-order valence-electron chi connectivity index (χ1n) is 8.42. The predicted molar refractivity (Wildman–Crippen MR) is 79.3 cm³/mol. The van der Waals surface area contributed by atoms with Crippen LogP contribution in [-0.2, 0) is 22.3 Å². The van der Waals surface area contributed by atoms with E-state index in [4.69, 9.17) is 4.74 Å². The molecule has 0 saturated carbocycles.